The summed E-state index contributed by atoms with van der Waals surface area (Å²) in [6.45, 7) is 4.20. The number of piperidine rings is 1. The van der Waals surface area contributed by atoms with Gasteiger partial charge in [0.25, 0.3) is 0 Å². The van der Waals surface area contributed by atoms with Crippen LogP contribution in [0.4, 0.5) is 28.4 Å². The first-order chi connectivity index (χ1) is 12.2. The SMILES string of the molecule is CCOC(=O)N[C@H]1CCCN(C(=O)Nc2cc(C)cc(C(F)(F)F)c2)C1. The molecule has 0 aliphatic carbocycles. The summed E-state index contributed by atoms with van der Waals surface area (Å²) in [5.41, 5.74) is -0.327. The van der Waals surface area contributed by atoms with Gasteiger partial charge in [0.1, 0.15) is 0 Å². The van der Waals surface area contributed by atoms with Gasteiger partial charge in [0, 0.05) is 24.8 Å². The van der Waals surface area contributed by atoms with Gasteiger partial charge in [-0.05, 0) is 50.5 Å². The zero-order valence-corrected chi connectivity index (χ0v) is 14.7. The number of hydrogen-bond acceptors (Lipinski definition) is 3. The van der Waals surface area contributed by atoms with E-state index in [0.29, 0.717) is 24.9 Å². The lowest BCUT2D eigenvalue weighted by atomic mass is 10.1. The molecule has 0 spiro atoms. The number of anilines is 1. The molecular formula is C17H22F3N3O3. The summed E-state index contributed by atoms with van der Waals surface area (Å²) in [4.78, 5) is 25.3. The van der Waals surface area contributed by atoms with Crippen LogP contribution < -0.4 is 10.6 Å². The fourth-order valence-corrected chi connectivity index (χ4v) is 2.84. The molecule has 1 aliphatic heterocycles. The molecule has 1 aliphatic rings. The van der Waals surface area contributed by atoms with Crippen LogP contribution in [0.2, 0.25) is 0 Å². The van der Waals surface area contributed by atoms with Gasteiger partial charge in [0.05, 0.1) is 12.2 Å². The van der Waals surface area contributed by atoms with Crippen LogP contribution in [0.1, 0.15) is 30.9 Å². The number of benzene rings is 1. The maximum atomic E-state index is 12.9. The second-order valence-electron chi connectivity index (χ2n) is 6.17. The third-order valence-electron chi connectivity index (χ3n) is 3.96. The number of carbonyl (C=O) groups is 2. The van der Waals surface area contributed by atoms with Gasteiger partial charge in [-0.2, -0.15) is 13.2 Å². The molecule has 1 saturated heterocycles. The van der Waals surface area contributed by atoms with Gasteiger partial charge in [-0.25, -0.2) is 9.59 Å². The predicted molar refractivity (Wildman–Crippen MR) is 90.0 cm³/mol. The van der Waals surface area contributed by atoms with Crippen molar-refractivity contribution in [3.05, 3.63) is 29.3 Å². The normalized spacial score (nSPS) is 17.6. The number of hydrogen-bond donors (Lipinski definition) is 2. The summed E-state index contributed by atoms with van der Waals surface area (Å²) in [6.07, 6.45) is -3.66. The summed E-state index contributed by atoms with van der Waals surface area (Å²) >= 11 is 0. The predicted octanol–water partition coefficient (Wildman–Crippen LogP) is 3.76. The summed E-state index contributed by atoms with van der Waals surface area (Å²) in [5.74, 6) is 0. The molecule has 0 saturated carbocycles. The maximum Gasteiger partial charge on any atom is 0.416 e. The molecule has 2 rings (SSSR count). The summed E-state index contributed by atoms with van der Waals surface area (Å²) in [5, 5.41) is 5.18. The fraction of sp³-hybridized carbons (Fsp3) is 0.529. The molecule has 0 bridgehead atoms. The number of rotatable bonds is 3. The monoisotopic (exact) mass is 373 g/mol. The molecule has 144 valence electrons. The van der Waals surface area contributed by atoms with Gasteiger partial charge in [0.15, 0.2) is 0 Å². The highest BCUT2D eigenvalue weighted by atomic mass is 19.4. The van der Waals surface area contributed by atoms with Crippen LogP contribution in [0.25, 0.3) is 0 Å². The molecule has 0 radical (unpaired) electrons. The van der Waals surface area contributed by atoms with E-state index in [1.807, 2.05) is 0 Å². The second-order valence-corrected chi connectivity index (χ2v) is 6.17. The number of halogens is 3. The minimum atomic E-state index is -4.48. The Morgan fingerprint density at radius 3 is 2.69 bits per heavy atom. The third-order valence-corrected chi connectivity index (χ3v) is 3.96. The summed E-state index contributed by atoms with van der Waals surface area (Å²) in [6, 6.07) is 2.65. The van der Waals surface area contributed by atoms with Crippen molar-refractivity contribution in [2.75, 3.05) is 25.0 Å². The van der Waals surface area contributed by atoms with Crippen molar-refractivity contribution in [3.8, 4) is 0 Å². The highest BCUT2D eigenvalue weighted by Crippen LogP contribution is 2.32. The topological polar surface area (TPSA) is 70.7 Å². The van der Waals surface area contributed by atoms with Crippen molar-refractivity contribution in [1.29, 1.82) is 0 Å². The minimum absolute atomic E-state index is 0.0859. The van der Waals surface area contributed by atoms with Crippen LogP contribution in [-0.2, 0) is 10.9 Å². The molecule has 0 aromatic heterocycles. The number of alkyl carbamates (subject to hydrolysis) is 1. The third kappa shape index (κ3) is 5.53. The molecule has 1 fully saturated rings. The van der Waals surface area contributed by atoms with Crippen molar-refractivity contribution in [2.24, 2.45) is 0 Å². The van der Waals surface area contributed by atoms with E-state index in [1.165, 1.54) is 17.9 Å². The van der Waals surface area contributed by atoms with Gasteiger partial charge < -0.3 is 20.3 Å². The highest BCUT2D eigenvalue weighted by Gasteiger charge is 2.31. The molecule has 1 aromatic carbocycles. The summed E-state index contributed by atoms with van der Waals surface area (Å²) in [7, 11) is 0. The number of ether oxygens (including phenoxy) is 1. The molecule has 9 heteroatoms. The van der Waals surface area contributed by atoms with Crippen LogP contribution in [-0.4, -0.2) is 42.8 Å². The van der Waals surface area contributed by atoms with Crippen molar-refractivity contribution in [2.45, 2.75) is 38.9 Å². The number of carbonyl (C=O) groups excluding carboxylic acids is 2. The molecule has 6 nitrogen and oxygen atoms in total. The Morgan fingerprint density at radius 2 is 2.04 bits per heavy atom. The van der Waals surface area contributed by atoms with E-state index in [9.17, 15) is 22.8 Å². The number of nitrogens with zero attached hydrogens (tertiary/aromatic N) is 1. The first kappa shape index (κ1) is 19.9. The molecular weight excluding hydrogens is 351 g/mol. The van der Waals surface area contributed by atoms with Gasteiger partial charge in [-0.1, -0.05) is 0 Å². The van der Waals surface area contributed by atoms with Gasteiger partial charge >= 0.3 is 18.3 Å². The van der Waals surface area contributed by atoms with Crippen LogP contribution in [0, 0.1) is 6.92 Å². The van der Waals surface area contributed by atoms with E-state index in [-0.39, 0.29) is 24.9 Å². The van der Waals surface area contributed by atoms with Gasteiger partial charge in [-0.15, -0.1) is 0 Å². The molecule has 26 heavy (non-hydrogen) atoms. The lowest BCUT2D eigenvalue weighted by Gasteiger charge is -2.33. The minimum Gasteiger partial charge on any atom is -0.450 e. The van der Waals surface area contributed by atoms with Crippen LogP contribution in [0.3, 0.4) is 0 Å². The number of alkyl halides is 3. The van der Waals surface area contributed by atoms with Crippen LogP contribution >= 0.6 is 0 Å². The molecule has 0 unspecified atom stereocenters. The van der Waals surface area contributed by atoms with E-state index in [1.54, 1.807) is 6.92 Å². The number of nitrogens with one attached hydrogen (secondary N) is 2. The summed E-state index contributed by atoms with van der Waals surface area (Å²) < 4.78 is 43.5. The molecule has 1 atom stereocenters. The zero-order valence-electron chi connectivity index (χ0n) is 14.7. The number of amides is 3. The van der Waals surface area contributed by atoms with Crippen molar-refractivity contribution in [3.63, 3.8) is 0 Å². The first-order valence-corrected chi connectivity index (χ1v) is 8.37. The van der Waals surface area contributed by atoms with E-state index in [2.05, 4.69) is 10.6 Å². The standard InChI is InChI=1S/C17H22F3N3O3/c1-3-26-16(25)22-13-5-4-6-23(10-13)15(24)21-14-8-11(2)7-12(9-14)17(18,19)20/h7-9,13H,3-6,10H2,1-2H3,(H,21,24)(H,22,25)/t13-/m0/s1. The quantitative estimate of drug-likeness (QED) is 0.848. The fourth-order valence-electron chi connectivity index (χ4n) is 2.84. The molecule has 3 amide bonds. The smallest absolute Gasteiger partial charge is 0.416 e. The average molecular weight is 373 g/mol. The van der Waals surface area contributed by atoms with Crippen LogP contribution in [0.5, 0.6) is 0 Å². The first-order valence-electron chi connectivity index (χ1n) is 8.37. The number of urea groups is 1. The van der Waals surface area contributed by atoms with E-state index < -0.39 is 23.9 Å². The Hall–Kier alpha value is -2.45. The Bertz CT molecular complexity index is 664. The molecule has 2 N–H and O–H groups in total. The largest absolute Gasteiger partial charge is 0.450 e. The van der Waals surface area contributed by atoms with Crippen LogP contribution in [0.15, 0.2) is 18.2 Å². The van der Waals surface area contributed by atoms with Crippen molar-refractivity contribution in [1.82, 2.24) is 10.2 Å². The number of likely N-dealkylation sites (tertiary alicyclic amines) is 1. The lowest BCUT2D eigenvalue weighted by Crippen LogP contribution is -2.50. The number of aryl methyl sites for hydroxylation is 1. The van der Waals surface area contributed by atoms with Gasteiger partial charge in [0.2, 0.25) is 0 Å². The Balaban J connectivity index is 2.01. The van der Waals surface area contributed by atoms with E-state index in [0.717, 1.165) is 12.1 Å². The molecule has 1 heterocycles. The second kappa shape index (κ2) is 8.29. The Morgan fingerprint density at radius 1 is 1.31 bits per heavy atom. The Kier molecular flexibility index (Phi) is 6.33. The maximum absolute atomic E-state index is 12.9. The van der Waals surface area contributed by atoms with Crippen molar-refractivity contribution >= 4 is 17.8 Å². The van der Waals surface area contributed by atoms with E-state index >= 15 is 0 Å². The van der Waals surface area contributed by atoms with Gasteiger partial charge in [-0.3, -0.25) is 0 Å². The van der Waals surface area contributed by atoms with Crippen molar-refractivity contribution < 1.29 is 27.5 Å². The highest BCUT2D eigenvalue weighted by molar-refractivity contribution is 5.89. The average Bonchev–Trinajstić information content (AvgIpc) is 2.54. The van der Waals surface area contributed by atoms with E-state index in [4.69, 9.17) is 4.74 Å². The lowest BCUT2D eigenvalue weighted by molar-refractivity contribution is -0.137. The zero-order chi connectivity index (χ0) is 19.3. The Labute approximate surface area is 149 Å². The molecule has 1 aromatic rings.